The van der Waals surface area contributed by atoms with E-state index in [1.54, 1.807) is 25.1 Å². The summed E-state index contributed by atoms with van der Waals surface area (Å²) in [6.45, 7) is 1.68. The molecule has 0 fully saturated rings. The minimum atomic E-state index is -1.05. The molecule has 1 N–H and O–H groups in total. The standard InChI is InChI=1S/C13H10FNO2/c1-8-6-10(7-15-12(8)13(16)17)9-2-4-11(14)5-3-9/h2-7H,1H3,(H,16,17). The quantitative estimate of drug-likeness (QED) is 0.864. The van der Waals surface area contributed by atoms with E-state index >= 15 is 0 Å². The van der Waals surface area contributed by atoms with E-state index < -0.39 is 5.97 Å². The first kappa shape index (κ1) is 11.3. The van der Waals surface area contributed by atoms with Crippen molar-refractivity contribution in [2.45, 2.75) is 6.92 Å². The second-order valence-corrected chi connectivity index (χ2v) is 3.70. The van der Waals surface area contributed by atoms with E-state index in [4.69, 9.17) is 5.11 Å². The maximum absolute atomic E-state index is 12.8. The first-order valence-corrected chi connectivity index (χ1v) is 5.04. The number of halogens is 1. The van der Waals surface area contributed by atoms with Gasteiger partial charge in [-0.3, -0.25) is 0 Å². The summed E-state index contributed by atoms with van der Waals surface area (Å²) in [5.41, 5.74) is 2.20. The van der Waals surface area contributed by atoms with Crippen LogP contribution in [0.4, 0.5) is 4.39 Å². The van der Waals surface area contributed by atoms with Crippen LogP contribution in [0, 0.1) is 12.7 Å². The van der Waals surface area contributed by atoms with Crippen LogP contribution in [0.3, 0.4) is 0 Å². The van der Waals surface area contributed by atoms with Gasteiger partial charge in [0.05, 0.1) is 0 Å². The minimum Gasteiger partial charge on any atom is -0.477 e. The third kappa shape index (κ3) is 2.30. The van der Waals surface area contributed by atoms with Crippen molar-refractivity contribution in [3.05, 3.63) is 53.6 Å². The number of aromatic nitrogens is 1. The highest BCUT2D eigenvalue weighted by molar-refractivity contribution is 5.87. The van der Waals surface area contributed by atoms with Crippen LogP contribution in [0.15, 0.2) is 36.5 Å². The Balaban J connectivity index is 2.44. The molecule has 0 atom stereocenters. The number of aryl methyl sites for hydroxylation is 1. The van der Waals surface area contributed by atoms with Gasteiger partial charge in [-0.25, -0.2) is 14.2 Å². The summed E-state index contributed by atoms with van der Waals surface area (Å²) in [6.07, 6.45) is 1.48. The highest BCUT2D eigenvalue weighted by Crippen LogP contribution is 2.21. The van der Waals surface area contributed by atoms with Gasteiger partial charge < -0.3 is 5.11 Å². The summed E-state index contributed by atoms with van der Waals surface area (Å²) < 4.78 is 12.8. The number of carbonyl (C=O) groups is 1. The Morgan fingerprint density at radius 3 is 2.41 bits per heavy atom. The molecule has 1 aromatic carbocycles. The molecule has 4 heteroatoms. The predicted octanol–water partition coefficient (Wildman–Crippen LogP) is 2.89. The largest absolute Gasteiger partial charge is 0.477 e. The van der Waals surface area contributed by atoms with Gasteiger partial charge in [0.1, 0.15) is 5.82 Å². The van der Waals surface area contributed by atoms with Gasteiger partial charge in [-0.2, -0.15) is 0 Å². The summed E-state index contributed by atoms with van der Waals surface area (Å²) >= 11 is 0. The Labute approximate surface area is 97.6 Å². The third-order valence-corrected chi connectivity index (χ3v) is 2.46. The van der Waals surface area contributed by atoms with Crippen LogP contribution in [0.5, 0.6) is 0 Å². The average molecular weight is 231 g/mol. The minimum absolute atomic E-state index is 0.0378. The lowest BCUT2D eigenvalue weighted by molar-refractivity contribution is 0.0689. The molecule has 0 unspecified atom stereocenters. The number of benzene rings is 1. The molecule has 3 nitrogen and oxygen atoms in total. The van der Waals surface area contributed by atoms with Crippen molar-refractivity contribution in [3.63, 3.8) is 0 Å². The van der Waals surface area contributed by atoms with Crippen molar-refractivity contribution in [2.75, 3.05) is 0 Å². The second-order valence-electron chi connectivity index (χ2n) is 3.70. The Morgan fingerprint density at radius 1 is 1.24 bits per heavy atom. The normalized spacial score (nSPS) is 10.2. The topological polar surface area (TPSA) is 50.2 Å². The SMILES string of the molecule is Cc1cc(-c2ccc(F)cc2)cnc1C(=O)O. The van der Waals surface area contributed by atoms with Crippen molar-refractivity contribution in [1.29, 1.82) is 0 Å². The van der Waals surface area contributed by atoms with Crippen molar-refractivity contribution in [1.82, 2.24) is 4.98 Å². The predicted molar refractivity (Wildman–Crippen MR) is 61.3 cm³/mol. The molecule has 0 aliphatic heterocycles. The molecule has 17 heavy (non-hydrogen) atoms. The first-order chi connectivity index (χ1) is 8.08. The molecule has 2 aromatic rings. The molecule has 0 radical (unpaired) electrons. The Morgan fingerprint density at radius 2 is 1.88 bits per heavy atom. The van der Waals surface area contributed by atoms with Crippen molar-refractivity contribution >= 4 is 5.97 Å². The highest BCUT2D eigenvalue weighted by atomic mass is 19.1. The summed E-state index contributed by atoms with van der Waals surface area (Å²) in [6, 6.07) is 7.70. The van der Waals surface area contributed by atoms with Gasteiger partial charge in [0.25, 0.3) is 0 Å². The summed E-state index contributed by atoms with van der Waals surface area (Å²) in [4.78, 5) is 14.7. The lowest BCUT2D eigenvalue weighted by atomic mass is 10.0. The molecule has 0 aliphatic rings. The average Bonchev–Trinajstić information content (AvgIpc) is 2.29. The summed E-state index contributed by atoms with van der Waals surface area (Å²) in [7, 11) is 0. The lowest BCUT2D eigenvalue weighted by Gasteiger charge is -2.04. The number of aromatic carboxylic acids is 1. The van der Waals surface area contributed by atoms with Gasteiger partial charge in [0.2, 0.25) is 0 Å². The fraction of sp³-hybridized carbons (Fsp3) is 0.0769. The number of hydrogen-bond donors (Lipinski definition) is 1. The number of carboxylic acid groups (broad SMARTS) is 1. The molecular weight excluding hydrogens is 221 g/mol. The van der Waals surface area contributed by atoms with Gasteiger partial charge in [0.15, 0.2) is 5.69 Å². The van der Waals surface area contributed by atoms with E-state index in [-0.39, 0.29) is 11.5 Å². The van der Waals surface area contributed by atoms with Crippen LogP contribution in [0.2, 0.25) is 0 Å². The number of carboxylic acids is 1. The van der Waals surface area contributed by atoms with Crippen LogP contribution in [-0.4, -0.2) is 16.1 Å². The molecule has 0 saturated carbocycles. The zero-order valence-electron chi connectivity index (χ0n) is 9.14. The van der Waals surface area contributed by atoms with Crippen molar-refractivity contribution in [3.8, 4) is 11.1 Å². The maximum Gasteiger partial charge on any atom is 0.354 e. The molecule has 0 amide bonds. The van der Waals surface area contributed by atoms with Crippen LogP contribution in [0.25, 0.3) is 11.1 Å². The number of nitrogens with zero attached hydrogens (tertiary/aromatic N) is 1. The van der Waals surface area contributed by atoms with E-state index in [0.717, 1.165) is 11.1 Å². The van der Waals surface area contributed by atoms with E-state index in [2.05, 4.69) is 4.98 Å². The second kappa shape index (κ2) is 4.33. The molecule has 86 valence electrons. The van der Waals surface area contributed by atoms with E-state index in [1.165, 1.54) is 18.3 Å². The molecule has 0 saturated heterocycles. The monoisotopic (exact) mass is 231 g/mol. The highest BCUT2D eigenvalue weighted by Gasteiger charge is 2.09. The van der Waals surface area contributed by atoms with Crippen molar-refractivity contribution < 1.29 is 14.3 Å². The smallest absolute Gasteiger partial charge is 0.354 e. The van der Waals surface area contributed by atoms with Crippen LogP contribution in [0.1, 0.15) is 16.1 Å². The molecule has 2 rings (SSSR count). The van der Waals surface area contributed by atoms with Gasteiger partial charge >= 0.3 is 5.97 Å². The molecule has 1 aromatic heterocycles. The molecule has 0 bridgehead atoms. The van der Waals surface area contributed by atoms with Gasteiger partial charge in [0, 0.05) is 11.8 Å². The zero-order valence-corrected chi connectivity index (χ0v) is 9.14. The molecule has 1 heterocycles. The van der Waals surface area contributed by atoms with Gasteiger partial charge in [-0.1, -0.05) is 12.1 Å². The summed E-state index contributed by atoms with van der Waals surface area (Å²) in [5.74, 6) is -1.35. The van der Waals surface area contributed by atoms with Gasteiger partial charge in [-0.05, 0) is 36.2 Å². The number of hydrogen-bond acceptors (Lipinski definition) is 2. The van der Waals surface area contributed by atoms with Crippen molar-refractivity contribution in [2.24, 2.45) is 0 Å². The fourth-order valence-corrected chi connectivity index (χ4v) is 1.60. The third-order valence-electron chi connectivity index (χ3n) is 2.46. The van der Waals surface area contributed by atoms with Gasteiger partial charge in [-0.15, -0.1) is 0 Å². The van der Waals surface area contributed by atoms with E-state index in [1.807, 2.05) is 0 Å². The molecule has 0 spiro atoms. The fourth-order valence-electron chi connectivity index (χ4n) is 1.60. The first-order valence-electron chi connectivity index (χ1n) is 5.04. The Kier molecular flexibility index (Phi) is 2.87. The Bertz CT molecular complexity index is 564. The number of pyridine rings is 1. The molecular formula is C13H10FNO2. The van der Waals surface area contributed by atoms with Crippen LogP contribution < -0.4 is 0 Å². The number of rotatable bonds is 2. The van der Waals surface area contributed by atoms with E-state index in [9.17, 15) is 9.18 Å². The maximum atomic E-state index is 12.8. The molecule has 0 aliphatic carbocycles. The summed E-state index contributed by atoms with van der Waals surface area (Å²) in [5, 5.41) is 8.85. The lowest BCUT2D eigenvalue weighted by Crippen LogP contribution is -2.03. The Hall–Kier alpha value is -2.23. The van der Waals surface area contributed by atoms with E-state index in [0.29, 0.717) is 5.56 Å². The van der Waals surface area contributed by atoms with Crippen LogP contribution in [-0.2, 0) is 0 Å². The zero-order chi connectivity index (χ0) is 12.4. The van der Waals surface area contributed by atoms with Crippen LogP contribution >= 0.6 is 0 Å².